The van der Waals surface area contributed by atoms with Gasteiger partial charge in [0.1, 0.15) is 21.4 Å². The second-order valence-electron chi connectivity index (χ2n) is 17.4. The van der Waals surface area contributed by atoms with Crippen LogP contribution in [0.4, 0.5) is 49.1 Å². The number of carbonyl (C=O) groups excluding carboxylic acids is 4. The van der Waals surface area contributed by atoms with Crippen molar-refractivity contribution >= 4 is 102 Å². The molecular weight excluding hydrogens is 1350 g/mol. The lowest BCUT2D eigenvalue weighted by Crippen LogP contribution is -2.36. The number of anilines is 3. The average molecular weight is 1400 g/mol. The Morgan fingerprint density at radius 1 is 0.750 bits per heavy atom. The van der Waals surface area contributed by atoms with Gasteiger partial charge >= 0.3 is 44.8 Å². The van der Waals surface area contributed by atoms with Crippen molar-refractivity contribution < 1.29 is 124 Å². The van der Waals surface area contributed by atoms with Crippen molar-refractivity contribution in [3.8, 4) is 41.6 Å². The van der Waals surface area contributed by atoms with Gasteiger partial charge in [-0.1, -0.05) is 36.6 Å². The van der Waals surface area contributed by atoms with E-state index in [-0.39, 0.29) is 39.9 Å². The number of hydrogen-bond donors (Lipinski definition) is 9. The molecule has 1 unspecified atom stereocenters. The molecule has 7 rings (SSSR count). The Kier molecular flexibility index (Phi) is 27.0. The fourth-order valence-corrected chi connectivity index (χ4v) is 11.4. The summed E-state index contributed by atoms with van der Waals surface area (Å²) < 4.78 is 174. The van der Waals surface area contributed by atoms with Crippen LogP contribution in [0.5, 0.6) is 29.3 Å². The zero-order valence-electron chi connectivity index (χ0n) is 47.4. The third-order valence-corrected chi connectivity index (χ3v) is 16.5. The van der Waals surface area contributed by atoms with Crippen LogP contribution in [-0.2, 0) is 48.8 Å². The number of sulfone groups is 1. The third-order valence-electron chi connectivity index (χ3n) is 11.0. The Hall–Kier alpha value is -9.43. The van der Waals surface area contributed by atoms with Gasteiger partial charge in [0.2, 0.25) is 35.4 Å². The first-order valence-electron chi connectivity index (χ1n) is 25.1. The molecule has 1 atom stereocenters. The maximum atomic E-state index is 14.4. The number of imide groups is 1. The fraction of sp³-hybridized carbons (Fsp3) is 0.286. The molecule has 3 aromatic heterocycles. The van der Waals surface area contributed by atoms with E-state index in [0.29, 0.717) is 30.1 Å². The summed E-state index contributed by atoms with van der Waals surface area (Å²) in [5.74, 6) is -5.31. The number of rotatable bonds is 22. The minimum absolute atomic E-state index is 0.0233. The lowest BCUT2D eigenvalue weighted by atomic mass is 9.93. The molecule has 92 heavy (non-hydrogen) atoms. The smallest absolute Gasteiger partial charge is 0.388 e. The van der Waals surface area contributed by atoms with Crippen LogP contribution in [0.3, 0.4) is 0 Å². The number of carboxylic acids is 2. The van der Waals surface area contributed by atoms with Crippen LogP contribution in [0.15, 0.2) is 92.8 Å². The van der Waals surface area contributed by atoms with Gasteiger partial charge in [-0.2, -0.15) is 45.9 Å². The molecule has 6 amide bonds. The molecule has 0 saturated carbocycles. The number of carbonyl (C=O) groups is 6. The first-order valence-corrected chi connectivity index (χ1v) is 31.9. The van der Waals surface area contributed by atoms with E-state index in [2.05, 4.69) is 50.9 Å². The molecule has 9 N–H and O–H groups in total. The molecule has 0 radical (unpaired) electrons. The van der Waals surface area contributed by atoms with Crippen molar-refractivity contribution in [1.82, 2.24) is 39.7 Å². The Bertz CT molecular complexity index is 4000. The number of nitrogens with one attached hydrogen (secondary N) is 5. The van der Waals surface area contributed by atoms with E-state index in [9.17, 15) is 80.5 Å². The standard InChI is InChI=1S/C18H15ClFNO3.C14H10F4N4O7S.C14H17N5O7S2.C3H8NO5P/c1-3-10(2)24-16-9-15(14(20)8-13(16)19)21-17(22)11-6-4-5-7-12(11)18(21)23;15-11(16)28-8-5-9(29-12(17)18)20-13(19-8)21-14(25)22-30(26,27)7-4-2-1-3-6(7)10(23)24;1-4-27(21,22)9-6-5-7-15-12(9)28(23,24)19-14(20)18-13-16-10(25-2)8-11(17-13)26-3;5-3(6)1-4-2-10(7,8)9/h1,8-10H,4-7H2,2H3;1-5,11-12H,(H,23,24)(H2,19,20,21,22,25);5-8H,4H2,1-3H3,(H2,16,17,18,19,20);4H,1-2H2,(H,5,6)(H2,7,8,9). The van der Waals surface area contributed by atoms with Gasteiger partial charge in [0.15, 0.2) is 21.0 Å². The summed E-state index contributed by atoms with van der Waals surface area (Å²) in [6, 6.07) is 7.97. The molecule has 498 valence electrons. The average Bonchev–Trinajstić information content (AvgIpc) is 1.56. The van der Waals surface area contributed by atoms with Crippen molar-refractivity contribution in [3.05, 3.63) is 94.4 Å². The van der Waals surface area contributed by atoms with E-state index in [1.165, 1.54) is 56.2 Å². The van der Waals surface area contributed by atoms with Crippen LogP contribution in [0.25, 0.3) is 0 Å². The molecule has 2 aromatic carbocycles. The van der Waals surface area contributed by atoms with Crippen molar-refractivity contribution in [1.29, 1.82) is 0 Å². The highest BCUT2D eigenvalue weighted by atomic mass is 35.5. The van der Waals surface area contributed by atoms with Gasteiger partial charge in [-0.15, -0.1) is 6.42 Å². The molecule has 1 aliphatic carbocycles. The second kappa shape index (κ2) is 33.1. The summed E-state index contributed by atoms with van der Waals surface area (Å²) >= 11 is 5.97. The number of terminal acetylenes is 1. The summed E-state index contributed by atoms with van der Waals surface area (Å²) in [7, 11) is -14.7. The molecule has 0 fully saturated rings. The molecule has 2 aliphatic rings. The molecular formula is C49H50ClF5N11O22PS3. The molecule has 1 aliphatic heterocycles. The normalized spacial score (nSPS) is 13.2. The van der Waals surface area contributed by atoms with E-state index >= 15 is 0 Å². The maximum absolute atomic E-state index is 14.4. The van der Waals surface area contributed by atoms with E-state index in [1.54, 1.807) is 17.0 Å². The van der Waals surface area contributed by atoms with Crippen molar-refractivity contribution in [2.24, 2.45) is 0 Å². The topological polar surface area (TPSA) is 477 Å². The van der Waals surface area contributed by atoms with Gasteiger partial charge in [-0.3, -0.25) is 34.9 Å². The summed E-state index contributed by atoms with van der Waals surface area (Å²) in [5, 5.41) is 22.1. The molecule has 43 heteroatoms. The van der Waals surface area contributed by atoms with Gasteiger partial charge in [-0.25, -0.2) is 54.9 Å². The number of hydrogen-bond acceptors (Lipinski definition) is 24. The predicted molar refractivity (Wildman–Crippen MR) is 305 cm³/mol. The number of nitrogens with zero attached hydrogens (tertiary/aromatic N) is 6. The SMILES string of the molecule is C#CC(C)Oc1cc(N2C(=O)C3=C(CCCC3)C2=O)c(F)cc1Cl.CCS(=O)(=O)c1cccnc1S(=O)(=O)NC(=O)Nc1nc(OC)cc(OC)n1.O=C(Nc1nc(OC(F)F)cc(OC(F)F)n1)NS(=O)(=O)c1ccccc1C(=O)O.O=C(O)CNCP(=O)(O)O. The molecule has 0 saturated heterocycles. The molecule has 0 bridgehead atoms. The zero-order chi connectivity index (χ0) is 69.1. The van der Waals surface area contributed by atoms with E-state index < -0.39 is 149 Å². The summed E-state index contributed by atoms with van der Waals surface area (Å²) in [4.78, 5) is 104. The summed E-state index contributed by atoms with van der Waals surface area (Å²) in [5.41, 5.74) is 0.164. The number of pyridine rings is 1. The number of ether oxygens (including phenoxy) is 5. The number of halogens is 6. The lowest BCUT2D eigenvalue weighted by molar-refractivity contribution is -0.136. The predicted octanol–water partition coefficient (Wildman–Crippen LogP) is 4.50. The first-order chi connectivity index (χ1) is 42.9. The number of methoxy groups -OCH3 is 2. The highest BCUT2D eigenvalue weighted by Crippen LogP contribution is 2.40. The Balaban J connectivity index is 0.000000275. The van der Waals surface area contributed by atoms with Crippen molar-refractivity contribution in [2.45, 2.75) is 73.7 Å². The van der Waals surface area contributed by atoms with Crippen LogP contribution in [0, 0.1) is 18.2 Å². The summed E-state index contributed by atoms with van der Waals surface area (Å²) in [6.07, 6.45) is 7.97. The van der Waals surface area contributed by atoms with Crippen LogP contribution in [-0.4, -0.2) is 158 Å². The number of sulfonamides is 2. The number of aromatic carboxylic acids is 1. The first kappa shape index (κ1) is 75.0. The molecule has 5 aromatic rings. The van der Waals surface area contributed by atoms with Gasteiger partial charge in [0.05, 0.1) is 61.2 Å². The second-order valence-corrected chi connectivity index (χ2v) is 25.0. The van der Waals surface area contributed by atoms with Gasteiger partial charge in [0, 0.05) is 23.4 Å². The van der Waals surface area contributed by atoms with Gasteiger partial charge < -0.3 is 43.7 Å². The van der Waals surface area contributed by atoms with Crippen LogP contribution in [0.1, 0.15) is 49.9 Å². The summed E-state index contributed by atoms with van der Waals surface area (Å²) in [6.45, 7) is -4.27. The van der Waals surface area contributed by atoms with E-state index in [1.807, 2.05) is 0 Å². The largest absolute Gasteiger partial charge is 0.481 e. The van der Waals surface area contributed by atoms with Crippen molar-refractivity contribution in [2.75, 3.05) is 48.3 Å². The number of benzene rings is 2. The minimum atomic E-state index is -4.71. The Labute approximate surface area is 522 Å². The lowest BCUT2D eigenvalue weighted by Gasteiger charge is -2.19. The number of urea groups is 2. The van der Waals surface area contributed by atoms with Gasteiger partial charge in [-0.05, 0) is 62.9 Å². The Morgan fingerprint density at radius 2 is 1.24 bits per heavy atom. The van der Waals surface area contributed by atoms with E-state index in [0.717, 1.165) is 48.2 Å². The van der Waals surface area contributed by atoms with Crippen LogP contribution >= 0.6 is 19.2 Å². The monoisotopic (exact) mass is 1400 g/mol. The maximum Gasteiger partial charge on any atom is 0.388 e. The molecule has 0 spiro atoms. The number of alkyl halides is 4. The number of amides is 6. The molecule has 4 heterocycles. The third kappa shape index (κ3) is 22.2. The van der Waals surface area contributed by atoms with E-state index in [4.69, 9.17) is 52.2 Å². The number of aromatic nitrogens is 5. The number of aliphatic carboxylic acids is 1. The minimum Gasteiger partial charge on any atom is -0.481 e. The van der Waals surface area contributed by atoms with Crippen LogP contribution < -0.4 is 54.0 Å². The number of carboxylic acid groups (broad SMARTS) is 2. The van der Waals surface area contributed by atoms with Crippen LogP contribution in [0.2, 0.25) is 5.02 Å². The highest BCUT2D eigenvalue weighted by molar-refractivity contribution is 7.93. The molecule has 33 nitrogen and oxygen atoms in total. The van der Waals surface area contributed by atoms with Gasteiger partial charge in [0.25, 0.3) is 31.9 Å². The Morgan fingerprint density at radius 3 is 1.71 bits per heavy atom. The quantitative estimate of drug-likeness (QED) is 0.0199. The highest BCUT2D eigenvalue weighted by Gasteiger charge is 2.41. The van der Waals surface area contributed by atoms with Crippen molar-refractivity contribution in [3.63, 3.8) is 0 Å². The zero-order valence-corrected chi connectivity index (χ0v) is 51.5. The fourth-order valence-electron chi connectivity index (χ4n) is 7.15.